The second-order valence-corrected chi connectivity index (χ2v) is 6.40. The van der Waals surface area contributed by atoms with Crippen LogP contribution >= 0.6 is 0 Å². The SMILES string of the molecule is CCOC(=O)c1ccc(N2CCN(C(=O)Nc3ccc(OC)cc3)CC2)cc1. The fourth-order valence-electron chi connectivity index (χ4n) is 3.07. The van der Waals surface area contributed by atoms with Crippen molar-refractivity contribution in [3.05, 3.63) is 54.1 Å². The van der Waals surface area contributed by atoms with Crippen LogP contribution < -0.4 is 15.0 Å². The van der Waals surface area contributed by atoms with Gasteiger partial charge >= 0.3 is 12.0 Å². The van der Waals surface area contributed by atoms with Crippen LogP contribution in [0.15, 0.2) is 48.5 Å². The van der Waals surface area contributed by atoms with Crippen molar-refractivity contribution in [3.8, 4) is 5.75 Å². The summed E-state index contributed by atoms with van der Waals surface area (Å²) < 4.78 is 10.1. The molecule has 1 aliphatic rings. The Balaban J connectivity index is 1.52. The number of methoxy groups -OCH3 is 1. The van der Waals surface area contributed by atoms with Crippen LogP contribution in [0.25, 0.3) is 0 Å². The number of esters is 1. The Hall–Kier alpha value is -3.22. The van der Waals surface area contributed by atoms with Gasteiger partial charge in [0.25, 0.3) is 0 Å². The molecule has 2 aromatic rings. The molecule has 148 valence electrons. The largest absolute Gasteiger partial charge is 0.497 e. The number of anilines is 2. The second kappa shape index (κ2) is 9.12. The van der Waals surface area contributed by atoms with E-state index in [9.17, 15) is 9.59 Å². The van der Waals surface area contributed by atoms with Gasteiger partial charge in [-0.3, -0.25) is 0 Å². The maximum absolute atomic E-state index is 12.5. The van der Waals surface area contributed by atoms with Crippen molar-refractivity contribution in [1.82, 2.24) is 4.90 Å². The molecule has 0 bridgehead atoms. The van der Waals surface area contributed by atoms with Gasteiger partial charge in [0, 0.05) is 37.6 Å². The Morgan fingerprint density at radius 2 is 1.61 bits per heavy atom. The van der Waals surface area contributed by atoms with Gasteiger partial charge in [-0.15, -0.1) is 0 Å². The van der Waals surface area contributed by atoms with Gasteiger partial charge in [0.2, 0.25) is 0 Å². The Bertz CT molecular complexity index is 797. The first-order valence-electron chi connectivity index (χ1n) is 9.33. The second-order valence-electron chi connectivity index (χ2n) is 6.40. The molecule has 0 aromatic heterocycles. The molecule has 3 rings (SSSR count). The maximum Gasteiger partial charge on any atom is 0.338 e. The zero-order chi connectivity index (χ0) is 19.9. The number of hydrogen-bond donors (Lipinski definition) is 1. The monoisotopic (exact) mass is 383 g/mol. The average molecular weight is 383 g/mol. The first kappa shape index (κ1) is 19.5. The molecule has 1 N–H and O–H groups in total. The minimum Gasteiger partial charge on any atom is -0.497 e. The Labute approximate surface area is 164 Å². The van der Waals surface area contributed by atoms with Crippen LogP contribution in [0.2, 0.25) is 0 Å². The third kappa shape index (κ3) is 4.73. The number of benzene rings is 2. The van der Waals surface area contributed by atoms with Gasteiger partial charge in [-0.2, -0.15) is 0 Å². The van der Waals surface area contributed by atoms with E-state index in [1.54, 1.807) is 31.1 Å². The van der Waals surface area contributed by atoms with Gasteiger partial charge in [0.1, 0.15) is 5.75 Å². The number of piperazine rings is 1. The number of ether oxygens (including phenoxy) is 2. The molecule has 0 saturated carbocycles. The van der Waals surface area contributed by atoms with E-state index < -0.39 is 0 Å². The van der Waals surface area contributed by atoms with Crippen molar-refractivity contribution in [2.24, 2.45) is 0 Å². The highest BCUT2D eigenvalue weighted by Gasteiger charge is 2.21. The summed E-state index contributed by atoms with van der Waals surface area (Å²) in [7, 11) is 1.61. The molecule has 0 atom stereocenters. The minimum absolute atomic E-state index is 0.109. The number of rotatable bonds is 5. The molecular formula is C21H25N3O4. The van der Waals surface area contributed by atoms with Crippen LogP contribution in [0.4, 0.5) is 16.2 Å². The summed E-state index contributed by atoms with van der Waals surface area (Å²) in [5.74, 6) is 0.440. The summed E-state index contributed by atoms with van der Waals surface area (Å²) in [6.45, 7) is 4.87. The summed E-state index contributed by atoms with van der Waals surface area (Å²) in [6, 6.07) is 14.5. The topological polar surface area (TPSA) is 71.1 Å². The van der Waals surface area contributed by atoms with Crippen LogP contribution in [0.1, 0.15) is 17.3 Å². The molecular weight excluding hydrogens is 358 g/mol. The van der Waals surface area contributed by atoms with Gasteiger partial charge in [-0.1, -0.05) is 0 Å². The molecule has 28 heavy (non-hydrogen) atoms. The number of nitrogens with one attached hydrogen (secondary N) is 1. The average Bonchev–Trinajstić information content (AvgIpc) is 2.74. The number of hydrogen-bond acceptors (Lipinski definition) is 5. The summed E-state index contributed by atoms with van der Waals surface area (Å²) in [6.07, 6.45) is 0. The van der Waals surface area contributed by atoms with E-state index in [0.717, 1.165) is 30.2 Å². The van der Waals surface area contributed by atoms with E-state index in [1.165, 1.54) is 0 Å². The first-order chi connectivity index (χ1) is 13.6. The highest BCUT2D eigenvalue weighted by Crippen LogP contribution is 2.19. The number of urea groups is 1. The van der Waals surface area contributed by atoms with Crippen molar-refractivity contribution in [3.63, 3.8) is 0 Å². The number of carbonyl (C=O) groups excluding carboxylic acids is 2. The van der Waals surface area contributed by atoms with Gasteiger partial charge in [0.15, 0.2) is 0 Å². The zero-order valence-electron chi connectivity index (χ0n) is 16.2. The predicted molar refractivity (Wildman–Crippen MR) is 108 cm³/mol. The summed E-state index contributed by atoms with van der Waals surface area (Å²) in [4.78, 5) is 28.2. The molecule has 1 saturated heterocycles. The summed E-state index contributed by atoms with van der Waals surface area (Å²) in [5.41, 5.74) is 2.31. The number of amides is 2. The summed E-state index contributed by atoms with van der Waals surface area (Å²) >= 11 is 0. The van der Waals surface area contributed by atoms with E-state index in [2.05, 4.69) is 10.2 Å². The normalized spacial score (nSPS) is 13.8. The molecule has 0 aliphatic carbocycles. The lowest BCUT2D eigenvalue weighted by Crippen LogP contribution is -2.50. The fraction of sp³-hybridized carbons (Fsp3) is 0.333. The third-order valence-corrected chi connectivity index (χ3v) is 4.65. The lowest BCUT2D eigenvalue weighted by molar-refractivity contribution is 0.0526. The summed E-state index contributed by atoms with van der Waals surface area (Å²) in [5, 5.41) is 2.91. The maximum atomic E-state index is 12.5. The third-order valence-electron chi connectivity index (χ3n) is 4.65. The van der Waals surface area contributed by atoms with Gasteiger partial charge < -0.3 is 24.6 Å². The lowest BCUT2D eigenvalue weighted by Gasteiger charge is -2.36. The Kier molecular flexibility index (Phi) is 6.37. The predicted octanol–water partition coefficient (Wildman–Crippen LogP) is 3.23. The number of carbonyl (C=O) groups is 2. The standard InChI is InChI=1S/C21H25N3O4/c1-3-28-20(25)16-4-8-18(9-5-16)23-12-14-24(15-13-23)21(26)22-17-6-10-19(27-2)11-7-17/h4-11H,3,12-15H2,1-2H3,(H,22,26). The van der Waals surface area contributed by atoms with Crippen LogP contribution in [-0.2, 0) is 4.74 Å². The van der Waals surface area contributed by atoms with Crippen LogP contribution in [-0.4, -0.2) is 56.8 Å². The Morgan fingerprint density at radius 3 is 2.18 bits per heavy atom. The van der Waals surface area contributed by atoms with Crippen molar-refractivity contribution in [2.75, 3.05) is 50.1 Å². The van der Waals surface area contributed by atoms with Crippen molar-refractivity contribution < 1.29 is 19.1 Å². The molecule has 7 heteroatoms. The Morgan fingerprint density at radius 1 is 0.964 bits per heavy atom. The highest BCUT2D eigenvalue weighted by atomic mass is 16.5. The molecule has 0 spiro atoms. The van der Waals surface area contributed by atoms with Crippen molar-refractivity contribution >= 4 is 23.4 Å². The quantitative estimate of drug-likeness (QED) is 0.803. The highest BCUT2D eigenvalue weighted by molar-refractivity contribution is 5.90. The van der Waals surface area contributed by atoms with E-state index in [1.807, 2.05) is 36.4 Å². The van der Waals surface area contributed by atoms with Crippen molar-refractivity contribution in [1.29, 1.82) is 0 Å². The van der Waals surface area contributed by atoms with Gasteiger partial charge in [-0.05, 0) is 55.5 Å². The van der Waals surface area contributed by atoms with Crippen LogP contribution in [0.3, 0.4) is 0 Å². The molecule has 1 heterocycles. The lowest BCUT2D eigenvalue weighted by atomic mass is 10.2. The molecule has 0 radical (unpaired) electrons. The van der Waals surface area contributed by atoms with E-state index in [-0.39, 0.29) is 12.0 Å². The molecule has 2 amide bonds. The van der Waals surface area contributed by atoms with Crippen LogP contribution in [0, 0.1) is 0 Å². The minimum atomic E-state index is -0.311. The zero-order valence-corrected chi connectivity index (χ0v) is 16.2. The molecule has 2 aromatic carbocycles. The van der Waals surface area contributed by atoms with E-state index >= 15 is 0 Å². The number of nitrogens with zero attached hydrogens (tertiary/aromatic N) is 2. The molecule has 0 unspecified atom stereocenters. The smallest absolute Gasteiger partial charge is 0.338 e. The molecule has 7 nitrogen and oxygen atoms in total. The van der Waals surface area contributed by atoms with E-state index in [4.69, 9.17) is 9.47 Å². The fourth-order valence-corrected chi connectivity index (χ4v) is 3.07. The van der Waals surface area contributed by atoms with E-state index in [0.29, 0.717) is 25.3 Å². The molecule has 1 fully saturated rings. The van der Waals surface area contributed by atoms with Gasteiger partial charge in [-0.25, -0.2) is 9.59 Å². The van der Waals surface area contributed by atoms with Crippen LogP contribution in [0.5, 0.6) is 5.75 Å². The first-order valence-corrected chi connectivity index (χ1v) is 9.33. The van der Waals surface area contributed by atoms with Crippen molar-refractivity contribution in [2.45, 2.75) is 6.92 Å². The molecule has 1 aliphatic heterocycles. The van der Waals surface area contributed by atoms with Gasteiger partial charge in [0.05, 0.1) is 19.3 Å².